The average Bonchev–Trinajstić information content (AvgIpc) is 3.23. The SMILES string of the molecule is O=C(C1C=CC=C1)N1CCN(c2nc3cccnc3s2)CC1. The maximum Gasteiger partial charge on any atom is 0.233 e. The summed E-state index contributed by atoms with van der Waals surface area (Å²) in [6.07, 6.45) is 9.57. The highest BCUT2D eigenvalue weighted by atomic mass is 32.1. The van der Waals surface area contributed by atoms with Gasteiger partial charge in [0.25, 0.3) is 0 Å². The van der Waals surface area contributed by atoms with Crippen LogP contribution in [0.3, 0.4) is 0 Å². The van der Waals surface area contributed by atoms with Crippen LogP contribution in [0.2, 0.25) is 0 Å². The number of hydrogen-bond donors (Lipinski definition) is 0. The van der Waals surface area contributed by atoms with E-state index in [1.807, 2.05) is 41.3 Å². The Kier molecular flexibility index (Phi) is 3.38. The number of nitrogens with zero attached hydrogens (tertiary/aromatic N) is 4. The second-order valence-corrected chi connectivity index (χ2v) is 6.39. The highest BCUT2D eigenvalue weighted by Crippen LogP contribution is 2.28. The molecule has 0 bridgehead atoms. The third kappa shape index (κ3) is 2.39. The van der Waals surface area contributed by atoms with E-state index in [-0.39, 0.29) is 11.8 Å². The fourth-order valence-corrected chi connectivity index (χ4v) is 3.78. The zero-order valence-electron chi connectivity index (χ0n) is 12.1. The van der Waals surface area contributed by atoms with Crippen molar-refractivity contribution in [2.75, 3.05) is 31.1 Å². The second kappa shape index (κ2) is 5.53. The Hall–Kier alpha value is -2.21. The maximum absolute atomic E-state index is 12.4. The molecule has 0 spiro atoms. The molecule has 2 aromatic heterocycles. The van der Waals surface area contributed by atoms with Crippen molar-refractivity contribution in [2.24, 2.45) is 5.92 Å². The summed E-state index contributed by atoms with van der Waals surface area (Å²) in [6, 6.07) is 3.89. The number of carbonyl (C=O) groups is 1. The number of carbonyl (C=O) groups excluding carboxylic acids is 1. The van der Waals surface area contributed by atoms with E-state index in [1.54, 1.807) is 17.5 Å². The minimum Gasteiger partial charge on any atom is -0.344 e. The molecule has 112 valence electrons. The van der Waals surface area contributed by atoms with Gasteiger partial charge in [-0.3, -0.25) is 4.79 Å². The van der Waals surface area contributed by atoms with Crippen molar-refractivity contribution >= 4 is 32.7 Å². The number of hydrogen-bond acceptors (Lipinski definition) is 5. The minimum atomic E-state index is -0.0711. The number of allylic oxidation sites excluding steroid dienone is 2. The van der Waals surface area contributed by atoms with Gasteiger partial charge in [-0.2, -0.15) is 0 Å². The van der Waals surface area contributed by atoms with Crippen molar-refractivity contribution in [3.05, 3.63) is 42.6 Å². The van der Waals surface area contributed by atoms with Crippen LogP contribution >= 0.6 is 11.3 Å². The quantitative estimate of drug-likeness (QED) is 0.852. The number of anilines is 1. The summed E-state index contributed by atoms with van der Waals surface area (Å²) in [5, 5.41) is 1.00. The zero-order valence-corrected chi connectivity index (χ0v) is 12.9. The molecule has 0 radical (unpaired) electrons. The van der Waals surface area contributed by atoms with Crippen molar-refractivity contribution in [3.63, 3.8) is 0 Å². The Morgan fingerprint density at radius 2 is 1.95 bits per heavy atom. The maximum atomic E-state index is 12.4. The summed E-state index contributed by atoms with van der Waals surface area (Å²) in [4.78, 5) is 26.5. The highest BCUT2D eigenvalue weighted by Gasteiger charge is 2.26. The molecule has 1 aliphatic carbocycles. The molecule has 0 atom stereocenters. The number of amides is 1. The third-order valence-electron chi connectivity index (χ3n) is 4.05. The van der Waals surface area contributed by atoms with Crippen LogP contribution in [0.15, 0.2) is 42.6 Å². The van der Waals surface area contributed by atoms with Gasteiger partial charge in [0.1, 0.15) is 10.3 Å². The lowest BCUT2D eigenvalue weighted by Gasteiger charge is -2.35. The predicted molar refractivity (Wildman–Crippen MR) is 88.0 cm³/mol. The lowest BCUT2D eigenvalue weighted by Crippen LogP contribution is -2.50. The number of rotatable bonds is 2. The van der Waals surface area contributed by atoms with E-state index < -0.39 is 0 Å². The van der Waals surface area contributed by atoms with Gasteiger partial charge in [0, 0.05) is 32.4 Å². The second-order valence-electron chi connectivity index (χ2n) is 5.43. The van der Waals surface area contributed by atoms with E-state index in [2.05, 4.69) is 14.9 Å². The molecule has 0 aromatic carbocycles. The molecule has 0 N–H and O–H groups in total. The molecule has 5 nitrogen and oxygen atoms in total. The summed E-state index contributed by atoms with van der Waals surface area (Å²) in [5.41, 5.74) is 0.947. The summed E-state index contributed by atoms with van der Waals surface area (Å²) < 4.78 is 0. The number of thiazole rings is 1. The van der Waals surface area contributed by atoms with Gasteiger partial charge in [0.05, 0.1) is 5.92 Å². The van der Waals surface area contributed by atoms with E-state index in [9.17, 15) is 4.79 Å². The highest BCUT2D eigenvalue weighted by molar-refractivity contribution is 7.21. The van der Waals surface area contributed by atoms with E-state index >= 15 is 0 Å². The molecule has 22 heavy (non-hydrogen) atoms. The molecule has 2 aromatic rings. The lowest BCUT2D eigenvalue weighted by atomic mass is 10.1. The van der Waals surface area contributed by atoms with Gasteiger partial charge in [-0.1, -0.05) is 35.6 Å². The van der Waals surface area contributed by atoms with E-state index in [1.165, 1.54) is 0 Å². The molecule has 0 unspecified atom stereocenters. The predicted octanol–water partition coefficient (Wildman–Crippen LogP) is 2.08. The van der Waals surface area contributed by atoms with Crippen LogP contribution in [0.1, 0.15) is 0 Å². The molecular formula is C16H16N4OS. The summed E-state index contributed by atoms with van der Waals surface area (Å²) in [7, 11) is 0. The molecule has 1 aliphatic heterocycles. The van der Waals surface area contributed by atoms with Crippen molar-refractivity contribution in [2.45, 2.75) is 0 Å². The van der Waals surface area contributed by atoms with Crippen LogP contribution in [-0.2, 0) is 4.79 Å². The fraction of sp³-hybridized carbons (Fsp3) is 0.312. The number of aromatic nitrogens is 2. The molecule has 1 fully saturated rings. The van der Waals surface area contributed by atoms with Crippen LogP contribution in [0.5, 0.6) is 0 Å². The van der Waals surface area contributed by atoms with Crippen molar-refractivity contribution in [1.29, 1.82) is 0 Å². The number of pyridine rings is 1. The van der Waals surface area contributed by atoms with Crippen LogP contribution in [0.4, 0.5) is 5.13 Å². The normalized spacial score (nSPS) is 18.5. The first-order chi connectivity index (χ1) is 10.8. The van der Waals surface area contributed by atoms with Crippen molar-refractivity contribution in [1.82, 2.24) is 14.9 Å². The van der Waals surface area contributed by atoms with Crippen LogP contribution in [-0.4, -0.2) is 47.0 Å². The smallest absolute Gasteiger partial charge is 0.233 e. The number of piperazine rings is 1. The first-order valence-corrected chi connectivity index (χ1v) is 8.23. The Labute approximate surface area is 132 Å². The largest absolute Gasteiger partial charge is 0.344 e. The van der Waals surface area contributed by atoms with Crippen molar-refractivity contribution < 1.29 is 4.79 Å². The van der Waals surface area contributed by atoms with E-state index in [4.69, 9.17) is 0 Å². The van der Waals surface area contributed by atoms with Crippen LogP contribution in [0.25, 0.3) is 10.3 Å². The van der Waals surface area contributed by atoms with Gasteiger partial charge in [-0.25, -0.2) is 9.97 Å². The molecule has 0 saturated carbocycles. The lowest BCUT2D eigenvalue weighted by molar-refractivity contribution is -0.132. The van der Waals surface area contributed by atoms with Gasteiger partial charge >= 0.3 is 0 Å². The summed E-state index contributed by atoms with van der Waals surface area (Å²) in [5.74, 6) is 0.133. The first-order valence-electron chi connectivity index (χ1n) is 7.41. The monoisotopic (exact) mass is 312 g/mol. The molecule has 1 amide bonds. The van der Waals surface area contributed by atoms with Gasteiger partial charge in [0.2, 0.25) is 5.91 Å². The topological polar surface area (TPSA) is 49.3 Å². The van der Waals surface area contributed by atoms with Crippen molar-refractivity contribution in [3.8, 4) is 0 Å². The third-order valence-corrected chi connectivity index (χ3v) is 5.09. The molecule has 4 rings (SSSR count). The Morgan fingerprint density at radius 1 is 1.18 bits per heavy atom. The average molecular weight is 312 g/mol. The van der Waals surface area contributed by atoms with Gasteiger partial charge in [-0.05, 0) is 12.1 Å². The Bertz CT molecular complexity index is 713. The molecule has 2 aliphatic rings. The van der Waals surface area contributed by atoms with Crippen LogP contribution in [0, 0.1) is 5.92 Å². The minimum absolute atomic E-state index is 0.0711. The summed E-state index contributed by atoms with van der Waals surface area (Å²) in [6.45, 7) is 3.15. The standard InChI is InChI=1S/C16H16N4OS/c21-15(12-4-1-2-5-12)19-8-10-20(11-9-19)16-18-13-6-3-7-17-14(13)22-16/h1-7,12H,8-11H2. The van der Waals surface area contributed by atoms with E-state index in [0.717, 1.165) is 41.7 Å². The first kappa shape index (κ1) is 13.5. The fourth-order valence-electron chi connectivity index (χ4n) is 2.82. The van der Waals surface area contributed by atoms with Gasteiger partial charge < -0.3 is 9.80 Å². The molecule has 3 heterocycles. The molecule has 1 saturated heterocycles. The molecule has 6 heteroatoms. The number of fused-ring (bicyclic) bond motifs is 1. The van der Waals surface area contributed by atoms with Gasteiger partial charge in [0.15, 0.2) is 5.13 Å². The molecular weight excluding hydrogens is 296 g/mol. The summed E-state index contributed by atoms with van der Waals surface area (Å²) >= 11 is 1.62. The Balaban J connectivity index is 1.44. The van der Waals surface area contributed by atoms with Crippen LogP contribution < -0.4 is 4.90 Å². The zero-order chi connectivity index (χ0) is 14.9. The Morgan fingerprint density at radius 3 is 2.68 bits per heavy atom. The van der Waals surface area contributed by atoms with Gasteiger partial charge in [-0.15, -0.1) is 0 Å². The van der Waals surface area contributed by atoms with E-state index in [0.29, 0.717) is 0 Å².